The van der Waals surface area contributed by atoms with Crippen molar-refractivity contribution in [1.82, 2.24) is 14.1 Å². The molecule has 0 N–H and O–H groups in total. The molecular weight excluding hydrogens is 807 g/mol. The van der Waals surface area contributed by atoms with Gasteiger partial charge in [-0.25, -0.2) is 0 Å². The maximum atomic E-state index is 6.67. The van der Waals surface area contributed by atoms with Gasteiger partial charge >= 0.3 is 0 Å². The second-order valence-corrected chi connectivity index (χ2v) is 17.1. The Morgan fingerprint density at radius 2 is 0.773 bits per heavy atom. The normalized spacial score (nSPS) is 11.9. The van der Waals surface area contributed by atoms with Gasteiger partial charge in [0.25, 0.3) is 0 Å². The number of rotatable bonds is 4. The van der Waals surface area contributed by atoms with Crippen LogP contribution >= 0.6 is 0 Å². The summed E-state index contributed by atoms with van der Waals surface area (Å²) >= 11 is 0. The average Bonchev–Trinajstić information content (AvgIpc) is 3.97. The van der Waals surface area contributed by atoms with Crippen molar-refractivity contribution in [2.24, 2.45) is 0 Å². The van der Waals surface area contributed by atoms with Gasteiger partial charge in [-0.15, -0.1) is 0 Å². The van der Waals surface area contributed by atoms with E-state index >= 15 is 0 Å². The molecule has 4 aromatic heterocycles. The van der Waals surface area contributed by atoms with E-state index in [0.29, 0.717) is 0 Å². The summed E-state index contributed by atoms with van der Waals surface area (Å²) in [4.78, 5) is 5.25. The molecule has 0 spiro atoms. The number of hydrogen-bond acceptors (Lipinski definition) is 3. The van der Waals surface area contributed by atoms with Gasteiger partial charge in [-0.05, 0) is 105 Å². The zero-order valence-corrected chi connectivity index (χ0v) is 35.5. The van der Waals surface area contributed by atoms with Crippen LogP contribution in [-0.4, -0.2) is 14.1 Å². The Labute approximate surface area is 377 Å². The Kier molecular flexibility index (Phi) is 7.91. The molecule has 4 heterocycles. The number of nitrogens with zero attached hydrogens (tertiary/aromatic N) is 3. The van der Waals surface area contributed by atoms with Crippen LogP contribution in [0.2, 0.25) is 0 Å². The fraction of sp³-hybridized carbons (Fsp3) is 0. The van der Waals surface area contributed by atoms with Gasteiger partial charge in [-0.1, -0.05) is 140 Å². The molecule has 0 unspecified atom stereocenters. The first-order chi connectivity index (χ1) is 32.7. The maximum Gasteiger partial charge on any atom is 0.143 e. The highest BCUT2D eigenvalue weighted by molar-refractivity contribution is 6.27. The van der Waals surface area contributed by atoms with Gasteiger partial charge in [0.2, 0.25) is 0 Å². The molecule has 0 radical (unpaired) electrons. The van der Waals surface area contributed by atoms with Crippen molar-refractivity contribution < 1.29 is 8.83 Å². The number of fused-ring (bicyclic) bond motifs is 15. The first-order valence-corrected chi connectivity index (χ1v) is 22.3. The van der Waals surface area contributed by atoms with Crippen LogP contribution in [0.15, 0.2) is 234 Å². The standard InChI is InChI=1S/C61H37N3O2/c1-3-14-40(15-4-1)63-32-33-64(41-16-5-2-6-17-41)56-37-54-53(36-55(56)63)45-30-28-39(43-21-12-23-50-47-19-8-10-26-58(47)66-61(43)50)35-52(45)51-34-38(27-29-44(51)48-24-13-31-62-59(48)54)42-20-11-22-49-46-18-7-9-25-57(46)65-60(42)49/h1-37H. The Bertz CT molecular complexity index is 4340. The minimum absolute atomic E-state index is 0.880. The van der Waals surface area contributed by atoms with Gasteiger partial charge in [0.15, 0.2) is 0 Å². The van der Waals surface area contributed by atoms with Crippen LogP contribution in [-0.2, 0) is 0 Å². The summed E-state index contributed by atoms with van der Waals surface area (Å²) in [6.07, 6.45) is 6.26. The third kappa shape index (κ3) is 5.50. The smallest absolute Gasteiger partial charge is 0.143 e. The van der Waals surface area contributed by atoms with Crippen molar-refractivity contribution >= 4 is 98.1 Å². The molecular formula is C61H37N3O2. The predicted molar refractivity (Wildman–Crippen MR) is 273 cm³/mol. The summed E-state index contributed by atoms with van der Waals surface area (Å²) in [5.41, 5.74) is 13.0. The Morgan fingerprint density at radius 1 is 0.318 bits per heavy atom. The van der Waals surface area contributed by atoms with Crippen molar-refractivity contribution in [3.8, 4) is 33.6 Å². The monoisotopic (exact) mass is 843 g/mol. The van der Waals surface area contributed by atoms with Gasteiger partial charge in [0, 0.05) is 73.4 Å². The number of aromatic nitrogens is 3. The number of para-hydroxylation sites is 6. The number of pyridine rings is 1. The summed E-state index contributed by atoms with van der Waals surface area (Å²) in [6.45, 7) is 0. The zero-order chi connectivity index (χ0) is 43.3. The Hall–Kier alpha value is -8.93. The predicted octanol–water partition coefficient (Wildman–Crippen LogP) is 16.7. The van der Waals surface area contributed by atoms with Gasteiger partial charge < -0.3 is 18.0 Å². The first kappa shape index (κ1) is 36.5. The molecule has 10 aromatic carbocycles. The molecule has 0 saturated heterocycles. The largest absolute Gasteiger partial charge is 0.455 e. The fourth-order valence-electron chi connectivity index (χ4n) is 10.4. The second-order valence-electron chi connectivity index (χ2n) is 17.1. The van der Waals surface area contributed by atoms with Crippen LogP contribution < -0.4 is 0 Å². The Balaban J connectivity index is 1.16. The van der Waals surface area contributed by atoms with Crippen molar-refractivity contribution in [3.05, 3.63) is 225 Å². The molecule has 0 amide bonds. The summed E-state index contributed by atoms with van der Waals surface area (Å²) in [7, 11) is 0. The minimum Gasteiger partial charge on any atom is -0.455 e. The van der Waals surface area contributed by atoms with E-state index in [2.05, 4.69) is 210 Å². The molecule has 5 heteroatoms. The number of hydrogen-bond donors (Lipinski definition) is 0. The van der Waals surface area contributed by atoms with E-state index in [9.17, 15) is 0 Å². The fourth-order valence-corrected chi connectivity index (χ4v) is 10.4. The van der Waals surface area contributed by atoms with Crippen LogP contribution in [0.4, 0.5) is 0 Å². The Morgan fingerprint density at radius 3 is 1.33 bits per heavy atom. The SMILES string of the molecule is c1ccc(-n2ccn(-c3ccccc3)c3cc4c(cc32)c2ccc(-c3cccc5c3oc3ccccc35)cc2c2cc(-c3cccc5c3oc3ccccc35)ccc2c2cccnc24)cc1. The van der Waals surface area contributed by atoms with Crippen LogP contribution in [0.1, 0.15) is 0 Å². The third-order valence-electron chi connectivity index (χ3n) is 13.5. The molecule has 14 aromatic rings. The molecule has 0 bridgehead atoms. The van der Waals surface area contributed by atoms with E-state index in [0.717, 1.165) is 132 Å². The highest BCUT2D eigenvalue weighted by Crippen LogP contribution is 2.43. The van der Waals surface area contributed by atoms with Crippen LogP contribution in [0, 0.1) is 0 Å². The zero-order valence-electron chi connectivity index (χ0n) is 35.5. The summed E-state index contributed by atoms with van der Waals surface area (Å²) in [6, 6.07) is 73.5. The average molecular weight is 844 g/mol. The van der Waals surface area contributed by atoms with Crippen LogP contribution in [0.5, 0.6) is 0 Å². The van der Waals surface area contributed by atoms with Crippen molar-refractivity contribution in [2.75, 3.05) is 0 Å². The van der Waals surface area contributed by atoms with Crippen molar-refractivity contribution in [2.45, 2.75) is 0 Å². The van der Waals surface area contributed by atoms with Crippen molar-refractivity contribution in [1.29, 1.82) is 0 Å². The van der Waals surface area contributed by atoms with Gasteiger partial charge in [-0.3, -0.25) is 4.98 Å². The van der Waals surface area contributed by atoms with Gasteiger partial charge in [-0.2, -0.15) is 0 Å². The first-order valence-electron chi connectivity index (χ1n) is 22.3. The van der Waals surface area contributed by atoms with E-state index in [1.807, 2.05) is 24.4 Å². The minimum atomic E-state index is 0.880. The lowest BCUT2D eigenvalue weighted by Gasteiger charge is -2.19. The van der Waals surface area contributed by atoms with E-state index in [-0.39, 0.29) is 0 Å². The number of furan rings is 2. The summed E-state index contributed by atoms with van der Waals surface area (Å²) in [5.74, 6) is 0. The summed E-state index contributed by atoms with van der Waals surface area (Å²) in [5, 5.41) is 12.1. The van der Waals surface area contributed by atoms with Crippen molar-refractivity contribution in [3.63, 3.8) is 0 Å². The third-order valence-corrected chi connectivity index (χ3v) is 13.5. The lowest BCUT2D eigenvalue weighted by molar-refractivity contribution is 0.669. The van der Waals surface area contributed by atoms with E-state index in [1.165, 1.54) is 0 Å². The van der Waals surface area contributed by atoms with E-state index in [1.54, 1.807) is 0 Å². The summed E-state index contributed by atoms with van der Waals surface area (Å²) < 4.78 is 17.9. The highest BCUT2D eigenvalue weighted by atomic mass is 16.3. The lowest BCUT2D eigenvalue weighted by atomic mass is 9.91. The van der Waals surface area contributed by atoms with Gasteiger partial charge in [0.05, 0.1) is 16.6 Å². The highest BCUT2D eigenvalue weighted by Gasteiger charge is 2.19. The quantitative estimate of drug-likeness (QED) is 0.177. The lowest BCUT2D eigenvalue weighted by Crippen LogP contribution is -2.05. The van der Waals surface area contributed by atoms with Crippen LogP contribution in [0.25, 0.3) is 132 Å². The molecule has 0 saturated carbocycles. The molecule has 0 aliphatic heterocycles. The molecule has 308 valence electrons. The molecule has 0 aliphatic rings. The van der Waals surface area contributed by atoms with E-state index < -0.39 is 0 Å². The molecule has 0 fully saturated rings. The van der Waals surface area contributed by atoms with Crippen LogP contribution in [0.3, 0.4) is 0 Å². The molecule has 5 nitrogen and oxygen atoms in total. The molecule has 14 rings (SSSR count). The molecule has 66 heavy (non-hydrogen) atoms. The molecule has 0 atom stereocenters. The topological polar surface area (TPSA) is 49.0 Å². The number of benzene rings is 9. The maximum absolute atomic E-state index is 6.67. The molecule has 0 aliphatic carbocycles. The second kappa shape index (κ2) is 14.3. The van der Waals surface area contributed by atoms with E-state index in [4.69, 9.17) is 13.8 Å². The van der Waals surface area contributed by atoms with Gasteiger partial charge in [0.1, 0.15) is 22.3 Å².